The maximum atomic E-state index is 12.6. The maximum absolute atomic E-state index is 12.6. The Balaban J connectivity index is 2.35. The Labute approximate surface area is 127 Å². The van der Waals surface area contributed by atoms with Crippen LogP contribution in [0.1, 0.15) is 32.6 Å². The lowest BCUT2D eigenvalue weighted by molar-refractivity contribution is -0.144. The van der Waals surface area contributed by atoms with E-state index in [0.29, 0.717) is 0 Å². The van der Waals surface area contributed by atoms with Gasteiger partial charge in [0.2, 0.25) is 0 Å². The topological polar surface area (TPSA) is 71.4 Å². The van der Waals surface area contributed by atoms with Crippen molar-refractivity contribution in [2.45, 2.75) is 42.2 Å². The summed E-state index contributed by atoms with van der Waals surface area (Å²) in [5.74, 6) is -1.03. The zero-order chi connectivity index (χ0) is 15.0. The first-order valence-corrected chi connectivity index (χ1v) is 8.84. The summed E-state index contributed by atoms with van der Waals surface area (Å²) < 4.78 is 24.4. The number of rotatable bonds is 5. The lowest BCUT2D eigenvalue weighted by Gasteiger charge is -2.43. The first-order chi connectivity index (χ1) is 9.33. The molecule has 0 radical (unpaired) electrons. The van der Waals surface area contributed by atoms with Gasteiger partial charge in [-0.15, -0.1) is 0 Å². The van der Waals surface area contributed by atoms with Crippen molar-refractivity contribution in [1.29, 1.82) is 0 Å². The summed E-state index contributed by atoms with van der Waals surface area (Å²) >= 11 is 3.24. The summed E-state index contributed by atoms with van der Waals surface area (Å²) in [7, 11) is -3.85. The van der Waals surface area contributed by atoms with E-state index in [2.05, 4.69) is 15.9 Å². The molecule has 0 aliphatic heterocycles. The third-order valence-electron chi connectivity index (χ3n) is 3.96. The molecule has 0 aromatic heterocycles. The molecule has 0 spiro atoms. The van der Waals surface area contributed by atoms with Crippen molar-refractivity contribution in [3.8, 4) is 0 Å². The van der Waals surface area contributed by atoms with E-state index in [0.717, 1.165) is 17.3 Å². The Morgan fingerprint density at radius 2 is 1.90 bits per heavy atom. The van der Waals surface area contributed by atoms with E-state index in [9.17, 15) is 18.3 Å². The smallest absolute Gasteiger partial charge is 0.325 e. The molecule has 1 aromatic rings. The van der Waals surface area contributed by atoms with Crippen LogP contribution in [0, 0.1) is 5.92 Å². The van der Waals surface area contributed by atoms with E-state index in [1.807, 2.05) is 6.92 Å². The molecule has 0 unspecified atom stereocenters. The SMILES string of the molecule is CCCC1CC(C(=O)O)(S(=O)(=O)c2ccc(Br)cc2)C1. The molecule has 20 heavy (non-hydrogen) atoms. The van der Waals surface area contributed by atoms with E-state index < -0.39 is 20.6 Å². The van der Waals surface area contributed by atoms with E-state index >= 15 is 0 Å². The summed E-state index contributed by atoms with van der Waals surface area (Å²) in [6, 6.07) is 6.14. The number of carboxylic acid groups (broad SMARTS) is 1. The van der Waals surface area contributed by atoms with Crippen LogP contribution >= 0.6 is 15.9 Å². The molecule has 1 aliphatic carbocycles. The quantitative estimate of drug-likeness (QED) is 0.874. The molecular formula is C14H17BrO4S. The maximum Gasteiger partial charge on any atom is 0.325 e. The predicted molar refractivity (Wildman–Crippen MR) is 79.3 cm³/mol. The molecule has 1 saturated carbocycles. The minimum absolute atomic E-state index is 0.0815. The largest absolute Gasteiger partial charge is 0.480 e. The molecule has 0 heterocycles. The molecular weight excluding hydrogens is 344 g/mol. The molecule has 6 heteroatoms. The van der Waals surface area contributed by atoms with Crippen LogP contribution in [0.2, 0.25) is 0 Å². The van der Waals surface area contributed by atoms with Gasteiger partial charge in [-0.2, -0.15) is 0 Å². The fourth-order valence-electron chi connectivity index (χ4n) is 2.83. The second-order valence-electron chi connectivity index (χ2n) is 5.32. The second-order valence-corrected chi connectivity index (χ2v) is 8.50. The first kappa shape index (κ1) is 15.5. The molecule has 110 valence electrons. The highest BCUT2D eigenvalue weighted by atomic mass is 79.9. The van der Waals surface area contributed by atoms with Gasteiger partial charge in [0.05, 0.1) is 4.90 Å². The van der Waals surface area contributed by atoms with Crippen molar-refractivity contribution in [3.63, 3.8) is 0 Å². The predicted octanol–water partition coefficient (Wildman–Crippen LogP) is 3.26. The van der Waals surface area contributed by atoms with Gasteiger partial charge < -0.3 is 5.11 Å². The zero-order valence-corrected chi connectivity index (χ0v) is 13.6. The van der Waals surface area contributed by atoms with Crippen LogP contribution in [0.3, 0.4) is 0 Å². The monoisotopic (exact) mass is 360 g/mol. The van der Waals surface area contributed by atoms with Crippen LogP contribution in [0.4, 0.5) is 0 Å². The summed E-state index contributed by atoms with van der Waals surface area (Å²) in [4.78, 5) is 11.6. The number of halogens is 1. The zero-order valence-electron chi connectivity index (χ0n) is 11.2. The van der Waals surface area contributed by atoms with Crippen LogP contribution in [0.25, 0.3) is 0 Å². The van der Waals surface area contributed by atoms with Crippen LogP contribution in [0.15, 0.2) is 33.6 Å². The molecule has 1 N–H and O–H groups in total. The average Bonchev–Trinajstić information content (AvgIpc) is 2.32. The third kappa shape index (κ3) is 2.39. The molecule has 4 nitrogen and oxygen atoms in total. The van der Waals surface area contributed by atoms with Gasteiger partial charge in [0, 0.05) is 4.47 Å². The summed E-state index contributed by atoms with van der Waals surface area (Å²) in [6.07, 6.45) is 2.26. The lowest BCUT2D eigenvalue weighted by Crippen LogP contribution is -2.56. The van der Waals surface area contributed by atoms with Crippen molar-refractivity contribution in [2.24, 2.45) is 5.92 Å². The fraction of sp³-hybridized carbons (Fsp3) is 0.500. The number of hydrogen-bond donors (Lipinski definition) is 1. The van der Waals surface area contributed by atoms with Crippen LogP contribution in [0.5, 0.6) is 0 Å². The Kier molecular flexibility index (Phi) is 4.25. The number of aliphatic carboxylic acids is 1. The van der Waals surface area contributed by atoms with Crippen molar-refractivity contribution < 1.29 is 18.3 Å². The molecule has 1 aliphatic rings. The fourth-order valence-corrected chi connectivity index (χ4v) is 5.18. The second kappa shape index (κ2) is 5.48. The van der Waals surface area contributed by atoms with Gasteiger partial charge in [0.1, 0.15) is 0 Å². The minimum atomic E-state index is -3.85. The highest BCUT2D eigenvalue weighted by Gasteiger charge is 2.59. The Morgan fingerprint density at radius 3 is 2.35 bits per heavy atom. The Hall–Kier alpha value is -0.880. The number of hydrogen-bond acceptors (Lipinski definition) is 3. The van der Waals surface area contributed by atoms with Gasteiger partial charge >= 0.3 is 5.97 Å². The van der Waals surface area contributed by atoms with Crippen molar-refractivity contribution in [3.05, 3.63) is 28.7 Å². The van der Waals surface area contributed by atoms with E-state index in [-0.39, 0.29) is 23.7 Å². The molecule has 0 atom stereocenters. The molecule has 0 amide bonds. The third-order valence-corrected chi connectivity index (χ3v) is 6.92. The summed E-state index contributed by atoms with van der Waals surface area (Å²) in [6.45, 7) is 2.02. The molecule has 1 aromatic carbocycles. The van der Waals surface area contributed by atoms with Crippen LogP contribution < -0.4 is 0 Å². The summed E-state index contributed by atoms with van der Waals surface area (Å²) in [5, 5.41) is 9.43. The number of benzene rings is 1. The highest BCUT2D eigenvalue weighted by Crippen LogP contribution is 2.48. The lowest BCUT2D eigenvalue weighted by atomic mass is 9.72. The van der Waals surface area contributed by atoms with E-state index in [1.165, 1.54) is 12.1 Å². The van der Waals surface area contributed by atoms with Gasteiger partial charge in [-0.1, -0.05) is 35.7 Å². The van der Waals surface area contributed by atoms with Crippen molar-refractivity contribution >= 4 is 31.7 Å². The van der Waals surface area contributed by atoms with Crippen molar-refractivity contribution in [1.82, 2.24) is 0 Å². The van der Waals surface area contributed by atoms with Crippen LogP contribution in [-0.4, -0.2) is 24.2 Å². The van der Waals surface area contributed by atoms with Gasteiger partial charge in [0.25, 0.3) is 0 Å². The van der Waals surface area contributed by atoms with Gasteiger partial charge in [-0.05, 0) is 43.0 Å². The van der Waals surface area contributed by atoms with Gasteiger partial charge in [0.15, 0.2) is 14.6 Å². The normalized spacial score (nSPS) is 26.0. The molecule has 0 saturated heterocycles. The Bertz CT molecular complexity index is 601. The number of carbonyl (C=O) groups is 1. The van der Waals surface area contributed by atoms with Crippen molar-refractivity contribution in [2.75, 3.05) is 0 Å². The van der Waals surface area contributed by atoms with E-state index in [4.69, 9.17) is 0 Å². The average molecular weight is 361 g/mol. The van der Waals surface area contributed by atoms with E-state index in [1.54, 1.807) is 12.1 Å². The first-order valence-electron chi connectivity index (χ1n) is 6.57. The minimum Gasteiger partial charge on any atom is -0.480 e. The molecule has 1 fully saturated rings. The van der Waals surface area contributed by atoms with Crippen LogP contribution in [-0.2, 0) is 14.6 Å². The van der Waals surface area contributed by atoms with Gasteiger partial charge in [-0.3, -0.25) is 4.79 Å². The summed E-state index contributed by atoms with van der Waals surface area (Å²) in [5.41, 5.74) is 0. The Morgan fingerprint density at radius 1 is 1.35 bits per heavy atom. The van der Waals surface area contributed by atoms with Gasteiger partial charge in [-0.25, -0.2) is 8.42 Å². The number of carboxylic acids is 1. The standard InChI is InChI=1S/C14H17BrO4S/c1-2-3-10-8-14(9-10,13(16)17)20(18,19)12-6-4-11(15)5-7-12/h4-7,10H,2-3,8-9H2,1H3,(H,16,17). The number of sulfone groups is 1. The highest BCUT2D eigenvalue weighted by molar-refractivity contribution is 9.10. The molecule has 2 rings (SSSR count). The molecule has 0 bridgehead atoms.